The number of carbonyl (C=O) groups is 1. The van der Waals surface area contributed by atoms with Gasteiger partial charge in [0.25, 0.3) is 0 Å². The molecule has 3 nitrogen and oxygen atoms in total. The van der Waals surface area contributed by atoms with Crippen LogP contribution in [0.25, 0.3) is 0 Å². The molecule has 1 saturated carbocycles. The average molecular weight is 423 g/mol. The maximum Gasteiger partial charge on any atom is 0.416 e. The van der Waals surface area contributed by atoms with Gasteiger partial charge in [0, 0.05) is 25.7 Å². The van der Waals surface area contributed by atoms with Crippen LogP contribution in [0.1, 0.15) is 63.1 Å². The second-order valence-corrected chi connectivity index (χ2v) is 10.1. The molecule has 2 fully saturated rings. The van der Waals surface area contributed by atoms with E-state index in [0.29, 0.717) is 24.6 Å². The van der Waals surface area contributed by atoms with E-state index in [0.717, 1.165) is 49.9 Å². The molecule has 2 heterocycles. The van der Waals surface area contributed by atoms with Gasteiger partial charge in [-0.15, -0.1) is 0 Å². The largest absolute Gasteiger partial charge is 0.416 e. The monoisotopic (exact) mass is 422 g/mol. The number of halogens is 3. The molecule has 1 saturated heterocycles. The first kappa shape index (κ1) is 21.7. The second kappa shape index (κ2) is 7.85. The third-order valence-electron chi connectivity index (χ3n) is 7.86. The Hall–Kier alpha value is -1.56. The van der Waals surface area contributed by atoms with Crippen LogP contribution < -0.4 is 0 Å². The van der Waals surface area contributed by atoms with Crippen LogP contribution in [0.2, 0.25) is 0 Å². The number of rotatable bonds is 3. The lowest BCUT2D eigenvalue weighted by molar-refractivity contribution is -0.146. The van der Waals surface area contributed by atoms with Crippen LogP contribution in [0.15, 0.2) is 18.2 Å². The van der Waals surface area contributed by atoms with Crippen LogP contribution in [0.3, 0.4) is 0 Å². The summed E-state index contributed by atoms with van der Waals surface area (Å²) in [6.07, 6.45) is 0.294. The van der Waals surface area contributed by atoms with Gasteiger partial charge in [0.05, 0.1) is 11.0 Å². The van der Waals surface area contributed by atoms with E-state index in [1.54, 1.807) is 6.07 Å². The van der Waals surface area contributed by atoms with Crippen LogP contribution >= 0.6 is 0 Å². The highest BCUT2D eigenvalue weighted by molar-refractivity contribution is 5.84. The highest BCUT2D eigenvalue weighted by Gasteiger charge is 2.51. The van der Waals surface area contributed by atoms with Crippen molar-refractivity contribution in [3.05, 3.63) is 34.9 Å². The van der Waals surface area contributed by atoms with Crippen molar-refractivity contribution in [1.29, 1.82) is 0 Å². The molecule has 30 heavy (non-hydrogen) atoms. The summed E-state index contributed by atoms with van der Waals surface area (Å²) in [5.74, 6) is 1.09. The minimum absolute atomic E-state index is 0.148. The number of likely N-dealkylation sites (tertiary alicyclic amines) is 1. The molecule has 1 aromatic rings. The molecule has 3 unspecified atom stereocenters. The van der Waals surface area contributed by atoms with Gasteiger partial charge < -0.3 is 9.80 Å². The zero-order valence-corrected chi connectivity index (χ0v) is 18.3. The summed E-state index contributed by atoms with van der Waals surface area (Å²) >= 11 is 0. The highest BCUT2D eigenvalue weighted by Crippen LogP contribution is 2.48. The van der Waals surface area contributed by atoms with E-state index < -0.39 is 17.2 Å². The first-order valence-corrected chi connectivity index (χ1v) is 11.3. The lowest BCUT2D eigenvalue weighted by atomic mass is 9.73. The van der Waals surface area contributed by atoms with Crippen LogP contribution in [-0.4, -0.2) is 41.4 Å². The Bertz CT molecular complexity index is 806. The normalized spacial score (nSPS) is 30.2. The summed E-state index contributed by atoms with van der Waals surface area (Å²) in [4.78, 5) is 18.2. The summed E-state index contributed by atoms with van der Waals surface area (Å²) in [5, 5.41) is 0. The molecule has 0 aromatic heterocycles. The zero-order valence-electron chi connectivity index (χ0n) is 18.3. The van der Waals surface area contributed by atoms with Crippen molar-refractivity contribution in [3.63, 3.8) is 0 Å². The Kier molecular flexibility index (Phi) is 5.67. The van der Waals surface area contributed by atoms with Crippen molar-refractivity contribution in [2.45, 2.75) is 71.6 Å². The van der Waals surface area contributed by atoms with Gasteiger partial charge in [0.15, 0.2) is 0 Å². The molecule has 0 spiro atoms. The van der Waals surface area contributed by atoms with E-state index in [-0.39, 0.29) is 18.4 Å². The molecule has 1 aliphatic carbocycles. The quantitative estimate of drug-likeness (QED) is 0.675. The van der Waals surface area contributed by atoms with Gasteiger partial charge in [0.2, 0.25) is 5.91 Å². The molecule has 1 aromatic carbocycles. The molecule has 0 N–H and O–H groups in total. The predicted molar refractivity (Wildman–Crippen MR) is 111 cm³/mol. The van der Waals surface area contributed by atoms with Crippen LogP contribution in [0, 0.1) is 17.3 Å². The number of amides is 1. The predicted octanol–water partition coefficient (Wildman–Crippen LogP) is 5.13. The fourth-order valence-corrected chi connectivity index (χ4v) is 5.85. The third-order valence-corrected chi connectivity index (χ3v) is 7.86. The minimum Gasteiger partial charge on any atom is -0.338 e. The van der Waals surface area contributed by atoms with Crippen molar-refractivity contribution in [3.8, 4) is 0 Å². The molecule has 166 valence electrons. The van der Waals surface area contributed by atoms with Gasteiger partial charge in [-0.2, -0.15) is 13.2 Å². The van der Waals surface area contributed by atoms with E-state index in [2.05, 4.69) is 25.7 Å². The fraction of sp³-hybridized carbons (Fsp3) is 0.708. The number of alkyl halides is 3. The molecule has 6 heteroatoms. The Morgan fingerprint density at radius 1 is 1.17 bits per heavy atom. The summed E-state index contributed by atoms with van der Waals surface area (Å²) < 4.78 is 39.5. The van der Waals surface area contributed by atoms with E-state index in [9.17, 15) is 18.0 Å². The number of nitrogens with zero attached hydrogens (tertiary/aromatic N) is 2. The smallest absolute Gasteiger partial charge is 0.338 e. The molecule has 4 rings (SSSR count). The fourth-order valence-electron chi connectivity index (χ4n) is 5.85. The molecule has 0 radical (unpaired) electrons. The maximum atomic E-state index is 13.8. The summed E-state index contributed by atoms with van der Waals surface area (Å²) in [5.41, 5.74) is 0.556. The van der Waals surface area contributed by atoms with Gasteiger partial charge in [-0.1, -0.05) is 26.8 Å². The molecule has 0 bridgehead atoms. The van der Waals surface area contributed by atoms with Crippen molar-refractivity contribution in [1.82, 2.24) is 9.80 Å². The van der Waals surface area contributed by atoms with Gasteiger partial charge in [-0.25, -0.2) is 0 Å². The van der Waals surface area contributed by atoms with Crippen LogP contribution in [0.5, 0.6) is 0 Å². The third kappa shape index (κ3) is 3.88. The standard InChI is InChI=1S/C24H33F3N2O/c1-16(2)23(9-6-21(13-23)28-10-7-17(3)14-28)22(30)29-11-8-18-4-5-20(24(25,26)27)12-19(18)15-29/h4-5,12,16-17,21H,6-11,13-15H2,1-3H3. The Morgan fingerprint density at radius 3 is 2.57 bits per heavy atom. The van der Waals surface area contributed by atoms with E-state index in [1.165, 1.54) is 12.5 Å². The van der Waals surface area contributed by atoms with E-state index in [4.69, 9.17) is 0 Å². The van der Waals surface area contributed by atoms with Crippen LogP contribution in [0.4, 0.5) is 13.2 Å². The lowest BCUT2D eigenvalue weighted by Gasteiger charge is -2.40. The molecule has 3 atom stereocenters. The molecule has 3 aliphatic rings. The Balaban J connectivity index is 1.53. The van der Waals surface area contributed by atoms with Gasteiger partial charge in [-0.05, 0) is 73.7 Å². The van der Waals surface area contributed by atoms with Gasteiger partial charge in [0.1, 0.15) is 0 Å². The lowest BCUT2D eigenvalue weighted by Crippen LogP contribution is -2.48. The molecule has 1 amide bonds. The Morgan fingerprint density at radius 2 is 1.93 bits per heavy atom. The highest BCUT2D eigenvalue weighted by atomic mass is 19.4. The number of carbonyl (C=O) groups excluding carboxylic acids is 1. The van der Waals surface area contributed by atoms with Crippen molar-refractivity contribution >= 4 is 5.91 Å². The number of fused-ring (bicyclic) bond motifs is 1. The molecular weight excluding hydrogens is 389 g/mol. The topological polar surface area (TPSA) is 23.6 Å². The van der Waals surface area contributed by atoms with Crippen molar-refractivity contribution in [2.75, 3.05) is 19.6 Å². The van der Waals surface area contributed by atoms with Crippen molar-refractivity contribution in [2.24, 2.45) is 17.3 Å². The second-order valence-electron chi connectivity index (χ2n) is 10.1. The molecular formula is C24H33F3N2O. The average Bonchev–Trinajstić information content (AvgIpc) is 3.33. The number of hydrogen-bond donors (Lipinski definition) is 0. The first-order valence-electron chi connectivity index (χ1n) is 11.3. The van der Waals surface area contributed by atoms with E-state index in [1.807, 2.05) is 4.90 Å². The SMILES string of the molecule is CC1CCN(C2CCC(C(=O)N3CCc4ccc(C(F)(F)F)cc4C3)(C(C)C)C2)C1. The summed E-state index contributed by atoms with van der Waals surface area (Å²) in [6.45, 7) is 9.67. The summed E-state index contributed by atoms with van der Waals surface area (Å²) in [7, 11) is 0. The van der Waals surface area contributed by atoms with Gasteiger partial charge in [-0.3, -0.25) is 4.79 Å². The van der Waals surface area contributed by atoms with E-state index >= 15 is 0 Å². The Labute approximate surface area is 177 Å². The minimum atomic E-state index is -4.36. The zero-order chi connectivity index (χ0) is 21.7. The first-order chi connectivity index (χ1) is 14.1. The van der Waals surface area contributed by atoms with Gasteiger partial charge >= 0.3 is 6.18 Å². The van der Waals surface area contributed by atoms with Crippen LogP contribution in [-0.2, 0) is 23.9 Å². The number of hydrogen-bond acceptors (Lipinski definition) is 2. The number of benzene rings is 1. The maximum absolute atomic E-state index is 13.8. The summed E-state index contributed by atoms with van der Waals surface area (Å²) in [6, 6.07) is 4.43. The van der Waals surface area contributed by atoms with Crippen molar-refractivity contribution < 1.29 is 18.0 Å². The molecule has 2 aliphatic heterocycles.